The lowest BCUT2D eigenvalue weighted by Gasteiger charge is -2.12. The van der Waals surface area contributed by atoms with E-state index < -0.39 is 29.7 Å². The molecule has 0 saturated carbocycles. The molecule has 8 heteroatoms. The van der Waals surface area contributed by atoms with E-state index in [2.05, 4.69) is 14.8 Å². The standard InChI is InChI=1S/C13H15FN2O5/c1-3-21-13(19)10(15)11(17)16-7-4-5-9(14)8(6-7)12(18)20-2/h4-6,10H,3,15H2,1-2H3,(H,16,17). The SMILES string of the molecule is CCOC(=O)C(N)C(=O)Nc1ccc(F)c(C(=O)OC)c1. The predicted molar refractivity (Wildman–Crippen MR) is 71.0 cm³/mol. The van der Waals surface area contributed by atoms with Crippen LogP contribution in [-0.4, -0.2) is 37.6 Å². The number of amides is 1. The minimum Gasteiger partial charge on any atom is -0.465 e. The summed E-state index contributed by atoms with van der Waals surface area (Å²) in [6.45, 7) is 1.66. The molecular formula is C13H15FN2O5. The maximum absolute atomic E-state index is 13.4. The summed E-state index contributed by atoms with van der Waals surface area (Å²) in [4.78, 5) is 34.4. The first-order chi connectivity index (χ1) is 9.90. The molecule has 21 heavy (non-hydrogen) atoms. The molecule has 1 atom stereocenters. The fraction of sp³-hybridized carbons (Fsp3) is 0.308. The number of esters is 2. The van der Waals surface area contributed by atoms with Gasteiger partial charge in [-0.05, 0) is 25.1 Å². The Bertz CT molecular complexity index is 561. The number of benzene rings is 1. The second-order valence-corrected chi connectivity index (χ2v) is 3.91. The topological polar surface area (TPSA) is 108 Å². The van der Waals surface area contributed by atoms with E-state index in [1.54, 1.807) is 6.92 Å². The Balaban J connectivity index is 2.86. The van der Waals surface area contributed by atoms with Crippen LogP contribution in [0.3, 0.4) is 0 Å². The summed E-state index contributed by atoms with van der Waals surface area (Å²) in [5.41, 5.74) is 5.15. The number of carbonyl (C=O) groups is 3. The predicted octanol–water partition coefficient (Wildman–Crippen LogP) is 0.441. The number of rotatable bonds is 5. The number of methoxy groups -OCH3 is 1. The highest BCUT2D eigenvalue weighted by atomic mass is 19.1. The third-order valence-corrected chi connectivity index (χ3v) is 2.46. The monoisotopic (exact) mass is 298 g/mol. The van der Waals surface area contributed by atoms with Crippen LogP contribution in [0.1, 0.15) is 17.3 Å². The van der Waals surface area contributed by atoms with Gasteiger partial charge >= 0.3 is 11.9 Å². The van der Waals surface area contributed by atoms with Gasteiger partial charge in [0.25, 0.3) is 5.91 Å². The largest absolute Gasteiger partial charge is 0.465 e. The van der Waals surface area contributed by atoms with Gasteiger partial charge in [0.2, 0.25) is 0 Å². The first kappa shape index (κ1) is 16.6. The van der Waals surface area contributed by atoms with Crippen molar-refractivity contribution < 1.29 is 28.2 Å². The first-order valence-electron chi connectivity index (χ1n) is 6.01. The van der Waals surface area contributed by atoms with Gasteiger partial charge in [0.05, 0.1) is 19.3 Å². The zero-order valence-corrected chi connectivity index (χ0v) is 11.5. The van der Waals surface area contributed by atoms with Crippen molar-refractivity contribution in [2.24, 2.45) is 5.73 Å². The molecule has 0 aliphatic heterocycles. The minimum atomic E-state index is -1.52. The molecule has 0 bridgehead atoms. The molecule has 3 N–H and O–H groups in total. The van der Waals surface area contributed by atoms with E-state index in [1.807, 2.05) is 0 Å². The molecule has 0 aliphatic carbocycles. The van der Waals surface area contributed by atoms with Gasteiger partial charge in [0.15, 0.2) is 6.04 Å². The van der Waals surface area contributed by atoms with Crippen LogP contribution < -0.4 is 11.1 Å². The Morgan fingerprint density at radius 1 is 1.38 bits per heavy atom. The lowest BCUT2D eigenvalue weighted by atomic mass is 10.2. The van der Waals surface area contributed by atoms with Gasteiger partial charge < -0.3 is 20.5 Å². The van der Waals surface area contributed by atoms with E-state index in [0.717, 1.165) is 19.2 Å². The van der Waals surface area contributed by atoms with Crippen LogP contribution in [0.4, 0.5) is 10.1 Å². The Morgan fingerprint density at radius 3 is 2.62 bits per heavy atom. The smallest absolute Gasteiger partial charge is 0.340 e. The van der Waals surface area contributed by atoms with Gasteiger partial charge in [0, 0.05) is 5.69 Å². The Labute approximate surface area is 120 Å². The fourth-order valence-corrected chi connectivity index (χ4v) is 1.43. The van der Waals surface area contributed by atoms with Crippen molar-refractivity contribution in [2.45, 2.75) is 13.0 Å². The molecule has 0 fully saturated rings. The van der Waals surface area contributed by atoms with Gasteiger partial charge in [-0.3, -0.25) is 4.79 Å². The summed E-state index contributed by atoms with van der Waals surface area (Å²) < 4.78 is 22.4. The van der Waals surface area contributed by atoms with E-state index >= 15 is 0 Å². The normalized spacial score (nSPS) is 11.4. The van der Waals surface area contributed by atoms with Crippen LogP contribution in [0.2, 0.25) is 0 Å². The van der Waals surface area contributed by atoms with Crippen LogP contribution >= 0.6 is 0 Å². The lowest BCUT2D eigenvalue weighted by Crippen LogP contribution is -2.43. The third-order valence-electron chi connectivity index (χ3n) is 2.46. The molecule has 0 aliphatic rings. The molecule has 1 rings (SSSR count). The minimum absolute atomic E-state index is 0.0862. The molecule has 1 aromatic carbocycles. The summed E-state index contributed by atoms with van der Waals surface area (Å²) in [7, 11) is 1.10. The molecule has 1 unspecified atom stereocenters. The summed E-state index contributed by atoms with van der Waals surface area (Å²) in [5.74, 6) is -3.41. The maximum Gasteiger partial charge on any atom is 0.340 e. The van der Waals surface area contributed by atoms with Crippen molar-refractivity contribution in [3.63, 3.8) is 0 Å². The molecule has 0 heterocycles. The summed E-state index contributed by atoms with van der Waals surface area (Å²) in [6, 6.07) is 1.77. The quantitative estimate of drug-likeness (QED) is 0.603. The number of carbonyl (C=O) groups excluding carboxylic acids is 3. The van der Waals surface area contributed by atoms with Gasteiger partial charge in [-0.15, -0.1) is 0 Å². The molecule has 0 spiro atoms. The Morgan fingerprint density at radius 2 is 2.05 bits per heavy atom. The van der Waals surface area contributed by atoms with Crippen molar-refractivity contribution in [1.82, 2.24) is 0 Å². The number of halogens is 1. The molecule has 0 aromatic heterocycles. The molecule has 1 amide bonds. The lowest BCUT2D eigenvalue weighted by molar-refractivity contribution is -0.146. The number of hydrogen-bond acceptors (Lipinski definition) is 6. The van der Waals surface area contributed by atoms with E-state index in [4.69, 9.17) is 5.73 Å². The highest BCUT2D eigenvalue weighted by molar-refractivity contribution is 6.08. The maximum atomic E-state index is 13.4. The number of nitrogens with two attached hydrogens (primary N) is 1. The van der Waals surface area contributed by atoms with Crippen molar-refractivity contribution in [3.05, 3.63) is 29.6 Å². The molecular weight excluding hydrogens is 283 g/mol. The molecule has 0 radical (unpaired) electrons. The van der Waals surface area contributed by atoms with Crippen molar-refractivity contribution in [3.8, 4) is 0 Å². The molecule has 1 aromatic rings. The fourth-order valence-electron chi connectivity index (χ4n) is 1.43. The van der Waals surface area contributed by atoms with E-state index in [1.165, 1.54) is 6.07 Å². The number of ether oxygens (including phenoxy) is 2. The zero-order chi connectivity index (χ0) is 16.0. The highest BCUT2D eigenvalue weighted by Crippen LogP contribution is 2.16. The van der Waals surface area contributed by atoms with Gasteiger partial charge in [-0.2, -0.15) is 0 Å². The third kappa shape index (κ3) is 4.25. The average molecular weight is 298 g/mol. The number of hydrogen-bond donors (Lipinski definition) is 2. The second kappa shape index (κ2) is 7.34. The molecule has 114 valence electrons. The van der Waals surface area contributed by atoms with Crippen LogP contribution in [0.25, 0.3) is 0 Å². The number of nitrogens with one attached hydrogen (secondary N) is 1. The molecule has 0 saturated heterocycles. The number of anilines is 1. The second-order valence-electron chi connectivity index (χ2n) is 3.91. The average Bonchev–Trinajstić information content (AvgIpc) is 2.47. The van der Waals surface area contributed by atoms with Crippen LogP contribution in [0.5, 0.6) is 0 Å². The van der Waals surface area contributed by atoms with Gasteiger partial charge in [0.1, 0.15) is 5.82 Å². The van der Waals surface area contributed by atoms with Crippen molar-refractivity contribution >= 4 is 23.5 Å². The summed E-state index contributed by atoms with van der Waals surface area (Å²) in [5, 5.41) is 2.29. The van der Waals surface area contributed by atoms with Gasteiger partial charge in [-0.25, -0.2) is 14.0 Å². The van der Waals surface area contributed by atoms with Crippen LogP contribution in [-0.2, 0) is 19.1 Å². The van der Waals surface area contributed by atoms with Crippen LogP contribution in [0.15, 0.2) is 18.2 Å². The van der Waals surface area contributed by atoms with E-state index in [0.29, 0.717) is 0 Å². The molecule has 7 nitrogen and oxygen atoms in total. The summed E-state index contributed by atoms with van der Waals surface area (Å²) in [6.07, 6.45) is 0. The summed E-state index contributed by atoms with van der Waals surface area (Å²) >= 11 is 0. The zero-order valence-electron chi connectivity index (χ0n) is 11.5. The van der Waals surface area contributed by atoms with E-state index in [-0.39, 0.29) is 17.9 Å². The van der Waals surface area contributed by atoms with Crippen molar-refractivity contribution in [2.75, 3.05) is 19.0 Å². The Hall–Kier alpha value is -2.48. The van der Waals surface area contributed by atoms with E-state index in [9.17, 15) is 18.8 Å². The first-order valence-corrected chi connectivity index (χ1v) is 6.01. The Kier molecular flexibility index (Phi) is 5.79. The van der Waals surface area contributed by atoms with Crippen molar-refractivity contribution in [1.29, 1.82) is 0 Å². The van der Waals surface area contributed by atoms with Crippen LogP contribution in [0, 0.1) is 5.82 Å². The highest BCUT2D eigenvalue weighted by Gasteiger charge is 2.24. The van der Waals surface area contributed by atoms with Gasteiger partial charge in [-0.1, -0.05) is 0 Å².